The first-order valence-electron chi connectivity index (χ1n) is 9.11. The highest BCUT2D eigenvalue weighted by Gasteiger charge is 2.24. The van der Waals surface area contributed by atoms with Gasteiger partial charge in [0.05, 0.1) is 12.7 Å². The number of benzene rings is 1. The lowest BCUT2D eigenvalue weighted by Crippen LogP contribution is -2.47. The molecule has 0 aliphatic carbocycles. The maximum atomic E-state index is 12.0. The minimum absolute atomic E-state index is 0.124. The van der Waals surface area contributed by atoms with E-state index in [4.69, 9.17) is 4.74 Å². The van der Waals surface area contributed by atoms with Crippen LogP contribution >= 0.6 is 0 Å². The molecule has 0 saturated carbocycles. The number of carbonyl (C=O) groups excluding carboxylic acids is 1. The van der Waals surface area contributed by atoms with Crippen molar-refractivity contribution in [2.24, 2.45) is 7.05 Å². The average Bonchev–Trinajstić information content (AvgIpc) is 3.06. The van der Waals surface area contributed by atoms with Crippen LogP contribution in [0.3, 0.4) is 0 Å². The van der Waals surface area contributed by atoms with E-state index in [1.807, 2.05) is 42.5 Å². The van der Waals surface area contributed by atoms with Crippen LogP contribution in [-0.4, -0.2) is 64.8 Å². The Balaban J connectivity index is 1.57. The molecule has 3 rings (SSSR count). The topological polar surface area (TPSA) is 50.6 Å². The van der Waals surface area contributed by atoms with Crippen molar-refractivity contribution >= 4 is 5.91 Å². The average molecular weight is 355 g/mol. The molecule has 6 nitrogen and oxygen atoms in total. The highest BCUT2D eigenvalue weighted by Crippen LogP contribution is 2.23. The van der Waals surface area contributed by atoms with Gasteiger partial charge in [0.15, 0.2) is 0 Å². The van der Waals surface area contributed by atoms with E-state index in [-0.39, 0.29) is 5.91 Å². The zero-order valence-corrected chi connectivity index (χ0v) is 15.8. The van der Waals surface area contributed by atoms with Crippen molar-refractivity contribution in [1.82, 2.24) is 19.6 Å². The van der Waals surface area contributed by atoms with Crippen LogP contribution in [0.4, 0.5) is 0 Å². The molecule has 26 heavy (non-hydrogen) atoms. The number of nitrogens with zero attached hydrogens (tertiary/aromatic N) is 4. The third kappa shape index (κ3) is 4.64. The standard InChI is InChI=1S/C20H27N4O2/c1-16(25)24(19-7-9-22(2)10-8-19)11-12-26-20-6-4-5-17(13-20)18-14-21-23(3)15-18/h5-6,13-15,19H,7-12H2,1-3H3. The van der Waals surface area contributed by atoms with E-state index in [2.05, 4.69) is 23.1 Å². The van der Waals surface area contributed by atoms with Gasteiger partial charge in [-0.05, 0) is 62.8 Å². The zero-order chi connectivity index (χ0) is 18.5. The highest BCUT2D eigenvalue weighted by molar-refractivity contribution is 5.73. The molecule has 139 valence electrons. The van der Waals surface area contributed by atoms with Crippen LogP contribution in [0.15, 0.2) is 30.6 Å². The summed E-state index contributed by atoms with van der Waals surface area (Å²) in [6, 6.07) is 9.17. The first kappa shape index (κ1) is 18.5. The summed E-state index contributed by atoms with van der Waals surface area (Å²) in [5, 5.41) is 4.20. The second kappa shape index (κ2) is 8.36. The molecular formula is C20H27N4O2. The van der Waals surface area contributed by atoms with Crippen LogP contribution in [0.25, 0.3) is 11.1 Å². The summed E-state index contributed by atoms with van der Waals surface area (Å²) in [5.74, 6) is 0.886. The number of hydrogen-bond donors (Lipinski definition) is 0. The van der Waals surface area contributed by atoms with Crippen LogP contribution < -0.4 is 4.74 Å². The second-order valence-electron chi connectivity index (χ2n) is 6.96. The van der Waals surface area contributed by atoms with Crippen LogP contribution in [0.2, 0.25) is 0 Å². The van der Waals surface area contributed by atoms with Gasteiger partial charge in [-0.1, -0.05) is 0 Å². The van der Waals surface area contributed by atoms with E-state index >= 15 is 0 Å². The highest BCUT2D eigenvalue weighted by atomic mass is 16.5. The van der Waals surface area contributed by atoms with Gasteiger partial charge >= 0.3 is 0 Å². The predicted octanol–water partition coefficient (Wildman–Crippen LogP) is 2.21. The molecule has 0 atom stereocenters. The van der Waals surface area contributed by atoms with Crippen molar-refractivity contribution in [3.8, 4) is 16.9 Å². The second-order valence-corrected chi connectivity index (χ2v) is 6.96. The molecule has 6 heteroatoms. The Hall–Kier alpha value is -2.34. The number of aromatic nitrogens is 2. The molecular weight excluding hydrogens is 328 g/mol. The van der Waals surface area contributed by atoms with Gasteiger partial charge < -0.3 is 14.5 Å². The fraction of sp³-hybridized carbons (Fsp3) is 0.500. The smallest absolute Gasteiger partial charge is 0.219 e. The van der Waals surface area contributed by atoms with E-state index in [9.17, 15) is 4.79 Å². The molecule has 1 aromatic heterocycles. The van der Waals surface area contributed by atoms with Crippen molar-refractivity contribution in [2.45, 2.75) is 25.8 Å². The van der Waals surface area contributed by atoms with Crippen LogP contribution in [0.5, 0.6) is 5.75 Å². The van der Waals surface area contributed by atoms with Crippen molar-refractivity contribution in [3.05, 3.63) is 36.7 Å². The zero-order valence-electron chi connectivity index (χ0n) is 15.8. The molecule has 1 aromatic carbocycles. The quantitative estimate of drug-likeness (QED) is 0.797. The Kier molecular flexibility index (Phi) is 5.93. The van der Waals surface area contributed by atoms with Gasteiger partial charge in [-0.15, -0.1) is 0 Å². The van der Waals surface area contributed by atoms with Crippen LogP contribution in [-0.2, 0) is 11.8 Å². The molecule has 1 fully saturated rings. The molecule has 0 N–H and O–H groups in total. The van der Waals surface area contributed by atoms with E-state index in [1.54, 1.807) is 11.6 Å². The third-order valence-electron chi connectivity index (χ3n) is 4.93. The Labute approximate surface area is 155 Å². The van der Waals surface area contributed by atoms with Gasteiger partial charge in [0, 0.05) is 31.8 Å². The Morgan fingerprint density at radius 3 is 2.73 bits per heavy atom. The first-order chi connectivity index (χ1) is 12.5. The van der Waals surface area contributed by atoms with E-state index in [1.165, 1.54) is 0 Å². The van der Waals surface area contributed by atoms with Gasteiger partial charge in [-0.2, -0.15) is 5.10 Å². The number of piperidine rings is 1. The third-order valence-corrected chi connectivity index (χ3v) is 4.93. The molecule has 0 unspecified atom stereocenters. The van der Waals surface area contributed by atoms with Crippen molar-refractivity contribution in [1.29, 1.82) is 0 Å². The maximum absolute atomic E-state index is 12.0. The number of aryl methyl sites for hydroxylation is 1. The number of carbonyl (C=O) groups is 1. The van der Waals surface area contributed by atoms with Gasteiger partial charge in [0.25, 0.3) is 0 Å². The summed E-state index contributed by atoms with van der Waals surface area (Å²) in [6.45, 7) is 4.82. The van der Waals surface area contributed by atoms with E-state index in [0.717, 1.165) is 42.8 Å². The van der Waals surface area contributed by atoms with Crippen molar-refractivity contribution in [3.63, 3.8) is 0 Å². The molecule has 1 aliphatic heterocycles. The Morgan fingerprint density at radius 1 is 1.31 bits per heavy atom. The van der Waals surface area contributed by atoms with E-state index in [0.29, 0.717) is 19.2 Å². The fourth-order valence-electron chi connectivity index (χ4n) is 3.44. The molecule has 1 saturated heterocycles. The van der Waals surface area contributed by atoms with Gasteiger partial charge in [-0.3, -0.25) is 9.48 Å². The largest absolute Gasteiger partial charge is 0.492 e. The number of likely N-dealkylation sites (tertiary alicyclic amines) is 1. The van der Waals surface area contributed by atoms with Crippen molar-refractivity contribution in [2.75, 3.05) is 33.3 Å². The summed E-state index contributed by atoms with van der Waals surface area (Å²) in [7, 11) is 4.02. The predicted molar refractivity (Wildman–Crippen MR) is 101 cm³/mol. The van der Waals surface area contributed by atoms with E-state index < -0.39 is 0 Å². The molecule has 2 heterocycles. The lowest BCUT2D eigenvalue weighted by atomic mass is 10.0. The van der Waals surface area contributed by atoms with Crippen LogP contribution in [0, 0.1) is 6.07 Å². The SMILES string of the molecule is CC(=O)N(CCOc1c[c]cc(-c2cnn(C)c2)c1)C1CCN(C)CC1. The number of rotatable bonds is 6. The normalized spacial score (nSPS) is 15.8. The Bertz CT molecular complexity index is 735. The van der Waals surface area contributed by atoms with Gasteiger partial charge in [0.2, 0.25) is 5.91 Å². The van der Waals surface area contributed by atoms with Gasteiger partial charge in [-0.25, -0.2) is 0 Å². The van der Waals surface area contributed by atoms with Crippen molar-refractivity contribution < 1.29 is 9.53 Å². The number of amides is 1. The molecule has 0 spiro atoms. The number of hydrogen-bond acceptors (Lipinski definition) is 4. The molecule has 1 amide bonds. The minimum Gasteiger partial charge on any atom is -0.492 e. The summed E-state index contributed by atoms with van der Waals surface area (Å²) in [5.41, 5.74) is 2.06. The first-order valence-corrected chi connectivity index (χ1v) is 9.11. The summed E-state index contributed by atoms with van der Waals surface area (Å²) >= 11 is 0. The van der Waals surface area contributed by atoms with Gasteiger partial charge in [0.1, 0.15) is 12.4 Å². The molecule has 0 bridgehead atoms. The lowest BCUT2D eigenvalue weighted by Gasteiger charge is -2.36. The molecule has 1 radical (unpaired) electrons. The molecule has 1 aliphatic rings. The monoisotopic (exact) mass is 355 g/mol. The van der Waals surface area contributed by atoms with Crippen LogP contribution in [0.1, 0.15) is 19.8 Å². The fourth-order valence-corrected chi connectivity index (χ4v) is 3.44. The molecule has 2 aromatic rings. The summed E-state index contributed by atoms with van der Waals surface area (Å²) in [6.07, 6.45) is 5.84. The summed E-state index contributed by atoms with van der Waals surface area (Å²) < 4.78 is 7.68. The minimum atomic E-state index is 0.124. The summed E-state index contributed by atoms with van der Waals surface area (Å²) in [4.78, 5) is 16.3. The maximum Gasteiger partial charge on any atom is 0.219 e. The lowest BCUT2D eigenvalue weighted by molar-refractivity contribution is -0.132. The Morgan fingerprint density at radius 2 is 2.08 bits per heavy atom. The number of ether oxygens (including phenoxy) is 1.